The van der Waals surface area contributed by atoms with Gasteiger partial charge >= 0.3 is 6.92 Å². The zero-order valence-electron chi connectivity index (χ0n) is 9.06. The Kier molecular flexibility index (Phi) is 3.39. The summed E-state index contributed by atoms with van der Waals surface area (Å²) in [6.07, 6.45) is 1.27. The lowest BCUT2D eigenvalue weighted by molar-refractivity contribution is 0.221. The molecule has 1 heterocycles. The fourth-order valence-electron chi connectivity index (χ4n) is 2.07. The predicted octanol–water partition coefficient (Wildman–Crippen LogP) is 2.04. The van der Waals surface area contributed by atoms with Crippen LogP contribution in [0.2, 0.25) is 6.82 Å². The van der Waals surface area contributed by atoms with Crippen LogP contribution in [0, 0.1) is 0 Å². The molecule has 0 saturated carbocycles. The van der Waals surface area contributed by atoms with E-state index >= 15 is 0 Å². The van der Waals surface area contributed by atoms with Crippen LogP contribution >= 0.6 is 11.8 Å². The largest absolute Gasteiger partial charge is 0.424 e. The van der Waals surface area contributed by atoms with Crippen LogP contribution < -0.4 is 5.46 Å². The Balaban J connectivity index is 2.32. The molecule has 1 aromatic carbocycles. The SMILES string of the molecule is CC[C@H]1OB(C)c2cc(SCO)ccc21. The van der Waals surface area contributed by atoms with Crippen molar-refractivity contribution in [2.45, 2.75) is 31.2 Å². The molecule has 80 valence electrons. The highest BCUT2D eigenvalue weighted by Crippen LogP contribution is 2.29. The summed E-state index contributed by atoms with van der Waals surface area (Å²) >= 11 is 1.45. The molecule has 0 saturated heterocycles. The van der Waals surface area contributed by atoms with Crippen molar-refractivity contribution in [1.82, 2.24) is 0 Å². The molecule has 1 aliphatic heterocycles. The van der Waals surface area contributed by atoms with Gasteiger partial charge in [0.2, 0.25) is 0 Å². The number of aliphatic hydroxyl groups is 1. The number of fused-ring (bicyclic) bond motifs is 1. The Bertz CT molecular complexity index is 356. The van der Waals surface area contributed by atoms with Crippen molar-refractivity contribution in [1.29, 1.82) is 0 Å². The molecule has 0 bridgehead atoms. The minimum absolute atomic E-state index is 0.130. The molecule has 0 radical (unpaired) electrons. The van der Waals surface area contributed by atoms with E-state index in [4.69, 9.17) is 9.76 Å². The molecule has 0 unspecified atom stereocenters. The molecule has 1 aliphatic rings. The van der Waals surface area contributed by atoms with Gasteiger partial charge in [0.25, 0.3) is 0 Å². The molecule has 2 nitrogen and oxygen atoms in total. The highest BCUT2D eigenvalue weighted by atomic mass is 32.2. The van der Waals surface area contributed by atoms with Crippen LogP contribution in [-0.2, 0) is 4.65 Å². The van der Waals surface area contributed by atoms with Crippen molar-refractivity contribution in [3.63, 3.8) is 0 Å². The van der Waals surface area contributed by atoms with Crippen LogP contribution in [0.15, 0.2) is 23.1 Å². The van der Waals surface area contributed by atoms with E-state index in [2.05, 4.69) is 31.9 Å². The van der Waals surface area contributed by atoms with E-state index in [-0.39, 0.29) is 19.0 Å². The average molecular weight is 222 g/mol. The average Bonchev–Trinajstić information content (AvgIpc) is 2.56. The van der Waals surface area contributed by atoms with Gasteiger partial charge in [-0.15, -0.1) is 0 Å². The zero-order valence-corrected chi connectivity index (χ0v) is 9.88. The van der Waals surface area contributed by atoms with Crippen molar-refractivity contribution in [2.75, 3.05) is 5.94 Å². The third kappa shape index (κ3) is 2.07. The minimum atomic E-state index is 0.130. The van der Waals surface area contributed by atoms with Gasteiger partial charge < -0.3 is 9.76 Å². The summed E-state index contributed by atoms with van der Waals surface area (Å²) in [5, 5.41) is 8.86. The summed E-state index contributed by atoms with van der Waals surface area (Å²) in [5.41, 5.74) is 2.59. The van der Waals surface area contributed by atoms with Gasteiger partial charge in [-0.25, -0.2) is 0 Å². The fraction of sp³-hybridized carbons (Fsp3) is 0.455. The number of benzene rings is 1. The molecule has 1 atom stereocenters. The lowest BCUT2D eigenvalue weighted by Gasteiger charge is -2.09. The van der Waals surface area contributed by atoms with E-state index in [1.165, 1.54) is 22.8 Å². The Morgan fingerprint density at radius 1 is 1.53 bits per heavy atom. The summed E-state index contributed by atoms with van der Waals surface area (Å²) in [4.78, 5) is 1.11. The van der Waals surface area contributed by atoms with Crippen molar-refractivity contribution in [3.8, 4) is 0 Å². The topological polar surface area (TPSA) is 29.5 Å². The first-order valence-corrected chi connectivity index (χ1v) is 6.27. The number of hydrogen-bond acceptors (Lipinski definition) is 3. The lowest BCUT2D eigenvalue weighted by Crippen LogP contribution is -2.24. The normalized spacial score (nSPS) is 19.4. The van der Waals surface area contributed by atoms with Crippen LogP contribution in [0.4, 0.5) is 0 Å². The van der Waals surface area contributed by atoms with Gasteiger partial charge in [0.1, 0.15) is 0 Å². The smallest absolute Gasteiger partial charge is 0.324 e. The van der Waals surface area contributed by atoms with Crippen LogP contribution in [0.3, 0.4) is 0 Å². The fourth-order valence-corrected chi connectivity index (χ4v) is 2.60. The molecule has 15 heavy (non-hydrogen) atoms. The highest BCUT2D eigenvalue weighted by Gasteiger charge is 2.30. The molecule has 1 N–H and O–H groups in total. The standard InChI is InChI=1S/C11H15BO2S/c1-3-11-9-5-4-8(15-7-13)6-10(9)12(2)14-11/h4-6,11,13H,3,7H2,1-2H3/t11-/m1/s1. The van der Waals surface area contributed by atoms with Crippen LogP contribution in [0.25, 0.3) is 0 Å². The first-order chi connectivity index (χ1) is 7.26. The number of aliphatic hydroxyl groups excluding tert-OH is 1. The van der Waals surface area contributed by atoms with Crippen molar-refractivity contribution in [2.24, 2.45) is 0 Å². The molecular weight excluding hydrogens is 207 g/mol. The maximum absolute atomic E-state index is 8.86. The molecule has 0 amide bonds. The number of thioether (sulfide) groups is 1. The van der Waals surface area contributed by atoms with Gasteiger partial charge in [-0.1, -0.05) is 37.6 Å². The van der Waals surface area contributed by atoms with Gasteiger partial charge in [0, 0.05) is 4.90 Å². The maximum atomic E-state index is 8.86. The summed E-state index contributed by atoms with van der Waals surface area (Å²) in [5.74, 6) is 0.130. The van der Waals surface area contributed by atoms with Crippen molar-refractivity contribution >= 4 is 24.1 Å². The molecule has 0 spiro atoms. The van der Waals surface area contributed by atoms with Crippen molar-refractivity contribution < 1.29 is 9.76 Å². The monoisotopic (exact) mass is 222 g/mol. The molecule has 2 rings (SSSR count). The van der Waals surface area contributed by atoms with E-state index in [9.17, 15) is 0 Å². The van der Waals surface area contributed by atoms with E-state index in [0.717, 1.165) is 11.3 Å². The van der Waals surface area contributed by atoms with E-state index in [0.29, 0.717) is 0 Å². The molecule has 0 aromatic heterocycles. The van der Waals surface area contributed by atoms with E-state index in [1.807, 2.05) is 0 Å². The second kappa shape index (κ2) is 4.60. The third-order valence-corrected chi connectivity index (χ3v) is 3.53. The summed E-state index contributed by atoms with van der Waals surface area (Å²) in [7, 11) is 0. The third-order valence-electron chi connectivity index (χ3n) is 2.81. The minimum Gasteiger partial charge on any atom is -0.424 e. The Hall–Kier alpha value is -0.445. The van der Waals surface area contributed by atoms with Gasteiger partial charge in [-0.05, 0) is 23.5 Å². The summed E-state index contributed by atoms with van der Waals surface area (Å²) in [6, 6.07) is 6.32. The lowest BCUT2D eigenvalue weighted by atomic mass is 9.64. The molecule has 0 fully saturated rings. The molecular formula is C11H15BO2S. The second-order valence-corrected chi connectivity index (χ2v) is 4.76. The van der Waals surface area contributed by atoms with Crippen molar-refractivity contribution in [3.05, 3.63) is 23.8 Å². The second-order valence-electron chi connectivity index (χ2n) is 3.74. The molecule has 0 aliphatic carbocycles. The van der Waals surface area contributed by atoms with E-state index < -0.39 is 0 Å². The van der Waals surface area contributed by atoms with Crippen LogP contribution in [0.5, 0.6) is 0 Å². The van der Waals surface area contributed by atoms with E-state index in [1.54, 1.807) is 0 Å². The number of hydrogen-bond donors (Lipinski definition) is 1. The van der Waals surface area contributed by atoms with Gasteiger partial charge in [0.05, 0.1) is 12.0 Å². The van der Waals surface area contributed by atoms with Crippen LogP contribution in [-0.4, -0.2) is 18.0 Å². The first kappa shape index (κ1) is 11.1. The zero-order chi connectivity index (χ0) is 10.8. The predicted molar refractivity (Wildman–Crippen MR) is 64.8 cm³/mol. The Morgan fingerprint density at radius 2 is 2.33 bits per heavy atom. The Labute approximate surface area is 95.1 Å². The molecule has 4 heteroatoms. The number of rotatable bonds is 3. The highest BCUT2D eigenvalue weighted by molar-refractivity contribution is 7.99. The summed E-state index contributed by atoms with van der Waals surface area (Å²) in [6.45, 7) is 4.41. The Morgan fingerprint density at radius 3 is 3.00 bits per heavy atom. The van der Waals surface area contributed by atoms with Crippen LogP contribution in [0.1, 0.15) is 25.0 Å². The summed E-state index contributed by atoms with van der Waals surface area (Å²) < 4.78 is 5.84. The quantitative estimate of drug-likeness (QED) is 0.482. The maximum Gasteiger partial charge on any atom is 0.324 e. The molecule has 1 aromatic rings. The van der Waals surface area contributed by atoms with Gasteiger partial charge in [0.15, 0.2) is 0 Å². The van der Waals surface area contributed by atoms with Gasteiger partial charge in [-0.3, -0.25) is 0 Å². The van der Waals surface area contributed by atoms with Gasteiger partial charge in [-0.2, -0.15) is 0 Å². The first-order valence-electron chi connectivity index (χ1n) is 5.29.